The van der Waals surface area contributed by atoms with Crippen LogP contribution in [-0.4, -0.2) is 37.5 Å². The highest BCUT2D eigenvalue weighted by atomic mass is 32.2. The number of aromatic nitrogens is 3. The number of fused-ring (bicyclic) bond motifs is 1. The highest BCUT2D eigenvalue weighted by Crippen LogP contribution is 2.29. The fourth-order valence-electron chi connectivity index (χ4n) is 2.57. The van der Waals surface area contributed by atoms with Gasteiger partial charge in [-0.1, -0.05) is 6.92 Å². The quantitative estimate of drug-likeness (QED) is 0.511. The average molecular weight is 445 g/mol. The second-order valence-corrected chi connectivity index (χ2v) is 10.9. The minimum atomic E-state index is -4.29. The number of H-pyrrole nitrogens is 2. The molecule has 0 atom stereocenters. The van der Waals surface area contributed by atoms with Gasteiger partial charge in [-0.2, -0.15) is 0 Å². The summed E-state index contributed by atoms with van der Waals surface area (Å²) in [6.07, 6.45) is 0.455. The summed E-state index contributed by atoms with van der Waals surface area (Å²) in [6, 6.07) is 4.33. The standard InChI is InChI=1S/C15H16N4O6S3/c1-3-6-27(22,23)15-17-10-5-4-9(7-11(10)26-15)19-28(24,25)12-8(2)16-14(21)18-13(12)20/h4-5,7,19H,3,6H2,1-2H3,(H2,16,18,20,21). The number of nitrogens with one attached hydrogen (secondary N) is 3. The maximum atomic E-state index is 12.6. The first kappa shape index (κ1) is 20.2. The molecule has 0 aliphatic heterocycles. The summed E-state index contributed by atoms with van der Waals surface area (Å²) in [5.41, 5.74) is -1.41. The highest BCUT2D eigenvalue weighted by molar-refractivity contribution is 7.93. The number of benzene rings is 1. The Hall–Kier alpha value is -2.51. The lowest BCUT2D eigenvalue weighted by atomic mass is 10.3. The summed E-state index contributed by atoms with van der Waals surface area (Å²) >= 11 is 0.939. The van der Waals surface area contributed by atoms with Crippen LogP contribution in [0.2, 0.25) is 0 Å². The van der Waals surface area contributed by atoms with Gasteiger partial charge in [0.25, 0.3) is 15.6 Å². The van der Waals surface area contributed by atoms with Gasteiger partial charge >= 0.3 is 5.69 Å². The van der Waals surface area contributed by atoms with E-state index in [-0.39, 0.29) is 21.5 Å². The van der Waals surface area contributed by atoms with Gasteiger partial charge in [0.05, 0.1) is 21.7 Å². The number of aromatic amines is 2. The largest absolute Gasteiger partial charge is 0.325 e. The molecule has 13 heteroatoms. The van der Waals surface area contributed by atoms with Crippen LogP contribution in [0.5, 0.6) is 0 Å². The van der Waals surface area contributed by atoms with E-state index in [1.165, 1.54) is 25.1 Å². The van der Waals surface area contributed by atoms with Crippen LogP contribution in [0.25, 0.3) is 10.2 Å². The third-order valence-electron chi connectivity index (χ3n) is 3.70. The molecule has 0 unspecified atom stereocenters. The maximum Gasteiger partial charge on any atom is 0.325 e. The van der Waals surface area contributed by atoms with Gasteiger partial charge < -0.3 is 4.98 Å². The molecule has 3 rings (SSSR count). The van der Waals surface area contributed by atoms with E-state index in [1.807, 2.05) is 4.98 Å². The fraction of sp³-hybridized carbons (Fsp3) is 0.267. The van der Waals surface area contributed by atoms with Crippen molar-refractivity contribution in [1.82, 2.24) is 15.0 Å². The smallest absolute Gasteiger partial charge is 0.310 e. The van der Waals surface area contributed by atoms with Gasteiger partial charge in [-0.05, 0) is 31.5 Å². The molecule has 2 aromatic heterocycles. The highest BCUT2D eigenvalue weighted by Gasteiger charge is 2.23. The van der Waals surface area contributed by atoms with Crippen molar-refractivity contribution in [2.75, 3.05) is 10.5 Å². The van der Waals surface area contributed by atoms with Crippen molar-refractivity contribution in [3.05, 3.63) is 44.7 Å². The maximum absolute atomic E-state index is 12.6. The van der Waals surface area contributed by atoms with Gasteiger partial charge in [0, 0.05) is 5.69 Å². The number of hydrogen-bond acceptors (Lipinski definition) is 8. The molecule has 1 aromatic carbocycles. The van der Waals surface area contributed by atoms with Crippen LogP contribution in [0.15, 0.2) is 37.0 Å². The summed E-state index contributed by atoms with van der Waals surface area (Å²) < 4.78 is 52.2. The van der Waals surface area contributed by atoms with E-state index in [9.17, 15) is 26.4 Å². The molecule has 150 valence electrons. The average Bonchev–Trinajstić information content (AvgIpc) is 2.97. The summed E-state index contributed by atoms with van der Waals surface area (Å²) in [5, 5.41) is 0. The molecule has 0 saturated heterocycles. The Morgan fingerprint density at radius 1 is 1.14 bits per heavy atom. The van der Waals surface area contributed by atoms with Crippen molar-refractivity contribution in [2.24, 2.45) is 0 Å². The molecule has 2 heterocycles. The zero-order chi connectivity index (χ0) is 20.7. The van der Waals surface area contributed by atoms with E-state index >= 15 is 0 Å². The van der Waals surface area contributed by atoms with E-state index in [0.717, 1.165) is 11.3 Å². The third kappa shape index (κ3) is 3.86. The number of sulfonamides is 1. The van der Waals surface area contributed by atoms with E-state index in [0.29, 0.717) is 16.6 Å². The lowest BCUT2D eigenvalue weighted by Crippen LogP contribution is -2.31. The van der Waals surface area contributed by atoms with Crippen molar-refractivity contribution in [3.63, 3.8) is 0 Å². The number of sulfone groups is 1. The molecule has 3 N–H and O–H groups in total. The Morgan fingerprint density at radius 3 is 2.50 bits per heavy atom. The molecule has 0 bridgehead atoms. The lowest BCUT2D eigenvalue weighted by molar-refractivity contribution is 0.593. The predicted molar refractivity (Wildman–Crippen MR) is 105 cm³/mol. The van der Waals surface area contributed by atoms with Gasteiger partial charge in [0.15, 0.2) is 4.90 Å². The van der Waals surface area contributed by atoms with E-state index in [2.05, 4.69) is 14.7 Å². The molecule has 0 radical (unpaired) electrons. The summed E-state index contributed by atoms with van der Waals surface area (Å²) in [5.74, 6) is -0.0272. The van der Waals surface area contributed by atoms with Crippen molar-refractivity contribution in [1.29, 1.82) is 0 Å². The fourth-order valence-corrected chi connectivity index (χ4v) is 6.58. The molecular weight excluding hydrogens is 428 g/mol. The van der Waals surface area contributed by atoms with Crippen molar-refractivity contribution < 1.29 is 16.8 Å². The molecule has 28 heavy (non-hydrogen) atoms. The van der Waals surface area contributed by atoms with Gasteiger partial charge in [0.2, 0.25) is 14.2 Å². The molecule has 3 aromatic rings. The van der Waals surface area contributed by atoms with E-state index in [1.54, 1.807) is 6.92 Å². The zero-order valence-corrected chi connectivity index (χ0v) is 17.2. The van der Waals surface area contributed by atoms with Crippen LogP contribution in [0.4, 0.5) is 5.69 Å². The van der Waals surface area contributed by atoms with Crippen LogP contribution in [0, 0.1) is 6.92 Å². The summed E-state index contributed by atoms with van der Waals surface area (Å²) in [7, 11) is -7.78. The predicted octanol–water partition coefficient (Wildman–Crippen LogP) is 0.966. The van der Waals surface area contributed by atoms with Crippen molar-refractivity contribution >= 4 is 47.1 Å². The van der Waals surface area contributed by atoms with Crippen LogP contribution in [0.3, 0.4) is 0 Å². The number of thiazole rings is 1. The van der Waals surface area contributed by atoms with E-state index < -0.39 is 36.0 Å². The third-order valence-corrected chi connectivity index (χ3v) is 8.63. The molecule has 10 nitrogen and oxygen atoms in total. The minimum Gasteiger partial charge on any atom is -0.310 e. The molecule has 0 saturated carbocycles. The zero-order valence-electron chi connectivity index (χ0n) is 14.8. The number of hydrogen-bond donors (Lipinski definition) is 3. The van der Waals surface area contributed by atoms with Gasteiger partial charge in [-0.3, -0.25) is 14.5 Å². The van der Waals surface area contributed by atoms with E-state index in [4.69, 9.17) is 0 Å². The second-order valence-electron chi connectivity index (χ2n) is 5.95. The molecule has 0 spiro atoms. The Morgan fingerprint density at radius 2 is 1.86 bits per heavy atom. The second kappa shape index (κ2) is 7.14. The molecule has 0 aliphatic carbocycles. The Balaban J connectivity index is 2.01. The molecular formula is C15H16N4O6S3. The van der Waals surface area contributed by atoms with Crippen LogP contribution in [0.1, 0.15) is 19.0 Å². The first-order chi connectivity index (χ1) is 13.0. The van der Waals surface area contributed by atoms with Crippen LogP contribution < -0.4 is 16.0 Å². The molecule has 0 aliphatic rings. The SMILES string of the molecule is CCCS(=O)(=O)c1nc2ccc(NS(=O)(=O)c3c(C)[nH]c(=O)[nH]c3=O)cc2s1. The van der Waals surface area contributed by atoms with Gasteiger partial charge in [-0.15, -0.1) is 11.3 Å². The lowest BCUT2D eigenvalue weighted by Gasteiger charge is -2.09. The van der Waals surface area contributed by atoms with Gasteiger partial charge in [0.1, 0.15) is 0 Å². The number of nitrogens with zero attached hydrogens (tertiary/aromatic N) is 1. The Labute approximate surface area is 163 Å². The number of aryl methyl sites for hydroxylation is 1. The van der Waals surface area contributed by atoms with Crippen LogP contribution in [-0.2, 0) is 19.9 Å². The van der Waals surface area contributed by atoms with Gasteiger partial charge in [-0.25, -0.2) is 26.6 Å². The monoisotopic (exact) mass is 444 g/mol. The van der Waals surface area contributed by atoms with Crippen molar-refractivity contribution in [2.45, 2.75) is 29.5 Å². The summed E-state index contributed by atoms with van der Waals surface area (Å²) in [6.45, 7) is 3.04. The Kier molecular flexibility index (Phi) is 5.16. The number of rotatable bonds is 6. The first-order valence-electron chi connectivity index (χ1n) is 8.03. The normalized spacial score (nSPS) is 12.4. The van der Waals surface area contributed by atoms with Crippen LogP contribution >= 0.6 is 11.3 Å². The van der Waals surface area contributed by atoms with Crippen molar-refractivity contribution in [3.8, 4) is 0 Å². The topological polar surface area (TPSA) is 159 Å². The summed E-state index contributed by atoms with van der Waals surface area (Å²) in [4.78, 5) is 30.7. The molecule has 0 fully saturated rings. The molecule has 0 amide bonds. The first-order valence-corrected chi connectivity index (χ1v) is 12.0. The Bertz CT molecular complexity index is 1380. The minimum absolute atomic E-state index is 0.0272. The number of anilines is 1.